The van der Waals surface area contributed by atoms with Crippen molar-refractivity contribution in [2.45, 2.75) is 26.9 Å². The number of halogens is 1. The highest BCUT2D eigenvalue weighted by atomic mass is 35.5. The maximum atomic E-state index is 12.8. The molecule has 4 heterocycles. The number of piperazine rings is 1. The summed E-state index contributed by atoms with van der Waals surface area (Å²) in [4.78, 5) is 39.2. The third-order valence-electron chi connectivity index (χ3n) is 6.32. The van der Waals surface area contributed by atoms with Gasteiger partial charge in [-0.1, -0.05) is 41.9 Å². The van der Waals surface area contributed by atoms with E-state index in [2.05, 4.69) is 19.9 Å². The number of nitrogens with zero attached hydrogens (tertiary/aromatic N) is 5. The number of aromatic amines is 1. The largest absolute Gasteiger partial charge is 0.366 e. The average Bonchev–Trinajstić information content (AvgIpc) is 3.12. The van der Waals surface area contributed by atoms with Crippen LogP contribution in [-0.4, -0.2) is 50.8 Å². The molecule has 0 unspecified atom stereocenters. The summed E-state index contributed by atoms with van der Waals surface area (Å²) >= 11 is 8.03. The predicted molar refractivity (Wildman–Crippen MR) is 136 cm³/mol. The van der Waals surface area contributed by atoms with Gasteiger partial charge in [-0.25, -0.2) is 9.67 Å². The first-order chi connectivity index (χ1) is 16.4. The van der Waals surface area contributed by atoms with Crippen LogP contribution in [0.5, 0.6) is 0 Å². The second-order valence-electron chi connectivity index (χ2n) is 8.53. The van der Waals surface area contributed by atoms with Crippen molar-refractivity contribution < 1.29 is 0 Å². The number of hydrogen-bond acceptors (Lipinski definition) is 7. The van der Waals surface area contributed by atoms with Crippen LogP contribution in [0.4, 0.5) is 5.69 Å². The first-order valence-electron chi connectivity index (χ1n) is 11.2. The summed E-state index contributed by atoms with van der Waals surface area (Å²) in [7, 11) is 0. The van der Waals surface area contributed by atoms with E-state index in [1.165, 1.54) is 4.68 Å². The zero-order valence-electron chi connectivity index (χ0n) is 19.0. The second-order valence-corrected chi connectivity index (χ2v) is 10.1. The highest BCUT2D eigenvalue weighted by Crippen LogP contribution is 2.26. The van der Waals surface area contributed by atoms with E-state index in [1.807, 2.05) is 44.2 Å². The van der Waals surface area contributed by atoms with Crippen LogP contribution < -0.4 is 16.0 Å². The van der Waals surface area contributed by atoms with Gasteiger partial charge < -0.3 is 9.88 Å². The summed E-state index contributed by atoms with van der Waals surface area (Å²) in [6.07, 6.45) is 1.68. The molecule has 34 heavy (non-hydrogen) atoms. The Morgan fingerprint density at radius 3 is 2.53 bits per heavy atom. The van der Waals surface area contributed by atoms with Crippen molar-refractivity contribution in [1.29, 1.82) is 0 Å². The SMILES string of the molecule is Cc1sc2nc(CN3CCN(c4cnn(Cc5ccccc5)c(=O)c4Cl)CC3)[nH]c(=O)c2c1C. The number of benzene rings is 1. The topological polar surface area (TPSA) is 87.1 Å². The molecular formula is C24H25ClN6O2S. The maximum absolute atomic E-state index is 12.8. The molecule has 10 heteroatoms. The summed E-state index contributed by atoms with van der Waals surface area (Å²) in [5.41, 5.74) is 2.29. The fraction of sp³-hybridized carbons (Fsp3) is 0.333. The Hall–Kier alpha value is -3.01. The number of aromatic nitrogens is 4. The smallest absolute Gasteiger partial charge is 0.287 e. The van der Waals surface area contributed by atoms with Gasteiger partial charge in [-0.15, -0.1) is 11.3 Å². The van der Waals surface area contributed by atoms with Crippen LogP contribution in [0.3, 0.4) is 0 Å². The van der Waals surface area contributed by atoms with E-state index in [0.717, 1.165) is 33.9 Å². The molecule has 0 aliphatic carbocycles. The van der Waals surface area contributed by atoms with Gasteiger partial charge in [0.25, 0.3) is 11.1 Å². The van der Waals surface area contributed by atoms with Gasteiger partial charge in [-0.2, -0.15) is 5.10 Å². The lowest BCUT2D eigenvalue weighted by Gasteiger charge is -2.35. The van der Waals surface area contributed by atoms with E-state index in [-0.39, 0.29) is 16.1 Å². The number of hydrogen-bond donors (Lipinski definition) is 1. The van der Waals surface area contributed by atoms with Crippen LogP contribution in [0, 0.1) is 13.8 Å². The number of nitrogens with one attached hydrogen (secondary N) is 1. The van der Waals surface area contributed by atoms with Gasteiger partial charge in [0.2, 0.25) is 0 Å². The van der Waals surface area contributed by atoms with E-state index < -0.39 is 0 Å². The lowest BCUT2D eigenvalue weighted by molar-refractivity contribution is 0.244. The molecule has 1 saturated heterocycles. The van der Waals surface area contributed by atoms with Gasteiger partial charge >= 0.3 is 0 Å². The zero-order valence-corrected chi connectivity index (χ0v) is 20.6. The second kappa shape index (κ2) is 9.32. The number of rotatable bonds is 5. The third kappa shape index (κ3) is 4.38. The van der Waals surface area contributed by atoms with E-state index in [4.69, 9.17) is 16.6 Å². The zero-order chi connectivity index (χ0) is 23.8. The molecule has 0 atom stereocenters. The number of fused-ring (bicyclic) bond motifs is 1. The van der Waals surface area contributed by atoms with Crippen molar-refractivity contribution in [1.82, 2.24) is 24.6 Å². The van der Waals surface area contributed by atoms with Gasteiger partial charge in [-0.05, 0) is 25.0 Å². The molecule has 3 aromatic heterocycles. The van der Waals surface area contributed by atoms with Crippen LogP contribution in [0.1, 0.15) is 21.8 Å². The van der Waals surface area contributed by atoms with Crippen molar-refractivity contribution in [2.75, 3.05) is 31.1 Å². The van der Waals surface area contributed by atoms with Crippen LogP contribution in [0.15, 0.2) is 46.1 Å². The lowest BCUT2D eigenvalue weighted by atomic mass is 10.2. The molecule has 176 valence electrons. The first-order valence-corrected chi connectivity index (χ1v) is 12.4. The first kappa shape index (κ1) is 22.8. The molecule has 0 amide bonds. The van der Waals surface area contributed by atoms with Gasteiger partial charge in [-0.3, -0.25) is 14.5 Å². The Kier molecular flexibility index (Phi) is 6.24. The predicted octanol–water partition coefficient (Wildman–Crippen LogP) is 3.18. The average molecular weight is 497 g/mol. The number of anilines is 1. The van der Waals surface area contributed by atoms with E-state index in [0.29, 0.717) is 43.1 Å². The van der Waals surface area contributed by atoms with Crippen molar-refractivity contribution in [2.24, 2.45) is 0 Å². The summed E-state index contributed by atoms with van der Waals surface area (Å²) in [6.45, 7) is 7.85. The molecule has 1 fully saturated rings. The molecule has 0 bridgehead atoms. The molecule has 1 aliphatic heterocycles. The number of H-pyrrole nitrogens is 1. The molecule has 1 aliphatic rings. The van der Waals surface area contributed by atoms with Crippen LogP contribution in [-0.2, 0) is 13.1 Å². The molecule has 0 radical (unpaired) electrons. The van der Waals surface area contributed by atoms with Gasteiger partial charge in [0, 0.05) is 31.1 Å². The van der Waals surface area contributed by atoms with Crippen molar-refractivity contribution >= 4 is 38.8 Å². The van der Waals surface area contributed by atoms with Crippen LogP contribution in [0.2, 0.25) is 5.02 Å². The fourth-order valence-corrected chi connectivity index (χ4v) is 5.59. The summed E-state index contributed by atoms with van der Waals surface area (Å²) < 4.78 is 1.39. The van der Waals surface area contributed by atoms with E-state index >= 15 is 0 Å². The molecule has 5 rings (SSSR count). The molecule has 1 aromatic carbocycles. The van der Waals surface area contributed by atoms with Crippen LogP contribution in [0.25, 0.3) is 10.2 Å². The highest BCUT2D eigenvalue weighted by molar-refractivity contribution is 7.18. The molecule has 0 saturated carbocycles. The number of thiophene rings is 1. The number of aryl methyl sites for hydroxylation is 2. The minimum Gasteiger partial charge on any atom is -0.366 e. The maximum Gasteiger partial charge on any atom is 0.287 e. The van der Waals surface area contributed by atoms with Gasteiger partial charge in [0.1, 0.15) is 15.7 Å². The lowest BCUT2D eigenvalue weighted by Crippen LogP contribution is -2.47. The highest BCUT2D eigenvalue weighted by Gasteiger charge is 2.22. The normalized spacial score (nSPS) is 14.7. The Balaban J connectivity index is 1.26. The molecular weight excluding hydrogens is 472 g/mol. The molecule has 8 nitrogen and oxygen atoms in total. The quantitative estimate of drug-likeness (QED) is 0.456. The fourth-order valence-electron chi connectivity index (χ4n) is 4.28. The van der Waals surface area contributed by atoms with Crippen molar-refractivity contribution in [3.05, 3.63) is 84.1 Å². The Morgan fingerprint density at radius 1 is 1.06 bits per heavy atom. The Bertz CT molecular complexity index is 1450. The minimum atomic E-state index is -0.290. The monoisotopic (exact) mass is 496 g/mol. The standard InChI is InChI=1S/C24H25ClN6O2S/c1-15-16(2)34-23-20(15)22(32)27-19(28-23)14-29-8-10-30(11-9-29)18-12-26-31(24(33)21(18)25)13-17-6-4-3-5-7-17/h3-7,12H,8-11,13-14H2,1-2H3,(H,27,28,32). The summed E-state index contributed by atoms with van der Waals surface area (Å²) in [5.74, 6) is 0.676. The van der Waals surface area contributed by atoms with E-state index in [1.54, 1.807) is 17.5 Å². The minimum absolute atomic E-state index is 0.0746. The van der Waals surface area contributed by atoms with Gasteiger partial charge in [0.15, 0.2) is 0 Å². The van der Waals surface area contributed by atoms with E-state index in [9.17, 15) is 9.59 Å². The summed E-state index contributed by atoms with van der Waals surface area (Å²) in [5, 5.41) is 5.25. The van der Waals surface area contributed by atoms with Crippen LogP contribution >= 0.6 is 22.9 Å². The summed E-state index contributed by atoms with van der Waals surface area (Å²) in [6, 6.07) is 9.71. The molecule has 1 N–H and O–H groups in total. The Labute approximate surface area is 205 Å². The molecule has 0 spiro atoms. The van der Waals surface area contributed by atoms with Gasteiger partial charge in [0.05, 0.1) is 30.4 Å². The van der Waals surface area contributed by atoms with Crippen molar-refractivity contribution in [3.63, 3.8) is 0 Å². The van der Waals surface area contributed by atoms with Crippen molar-refractivity contribution in [3.8, 4) is 0 Å². The molecule has 4 aromatic rings. The third-order valence-corrected chi connectivity index (χ3v) is 7.77. The Morgan fingerprint density at radius 2 is 1.79 bits per heavy atom.